The summed E-state index contributed by atoms with van der Waals surface area (Å²) >= 11 is 3.00. The minimum Gasteiger partial charge on any atom is -0.330 e. The van der Waals surface area contributed by atoms with Gasteiger partial charge in [0.05, 0.1) is 5.69 Å². The van der Waals surface area contributed by atoms with Crippen LogP contribution in [0.1, 0.15) is 18.4 Å². The Labute approximate surface area is 125 Å². The lowest BCUT2D eigenvalue weighted by Gasteiger charge is -2.01. The highest BCUT2D eigenvalue weighted by molar-refractivity contribution is 8.00. The summed E-state index contributed by atoms with van der Waals surface area (Å²) in [5.74, 6) is 0.890. The summed E-state index contributed by atoms with van der Waals surface area (Å²) in [6, 6.07) is 5.99. The predicted molar refractivity (Wildman–Crippen MR) is 81.4 cm³/mol. The zero-order chi connectivity index (χ0) is 13.9. The summed E-state index contributed by atoms with van der Waals surface area (Å²) in [6.45, 7) is 2.66. The average Bonchev–Trinajstić information content (AvgIpc) is 3.05. The summed E-state index contributed by atoms with van der Waals surface area (Å²) in [5, 5.41) is 0.973. The number of aromatic nitrogens is 4. The van der Waals surface area contributed by atoms with Crippen molar-refractivity contribution < 1.29 is 0 Å². The maximum absolute atomic E-state index is 5.72. The third kappa shape index (κ3) is 2.56. The monoisotopic (exact) mass is 305 g/mol. The largest absolute Gasteiger partial charge is 0.330 e. The van der Waals surface area contributed by atoms with Crippen LogP contribution in [0.15, 0.2) is 33.8 Å². The molecule has 0 spiro atoms. The second-order valence-electron chi connectivity index (χ2n) is 4.26. The quantitative estimate of drug-likeness (QED) is 0.784. The molecule has 0 fully saturated rings. The lowest BCUT2D eigenvalue weighted by molar-refractivity contribution is 0.876. The molecule has 3 rings (SSSR count). The van der Waals surface area contributed by atoms with Crippen LogP contribution >= 0.6 is 23.3 Å². The number of pyridine rings is 1. The maximum atomic E-state index is 5.72. The number of rotatable bonds is 5. The molecular weight excluding hydrogens is 290 g/mol. The van der Waals surface area contributed by atoms with Gasteiger partial charge in [-0.3, -0.25) is 0 Å². The van der Waals surface area contributed by atoms with Crippen LogP contribution in [-0.2, 0) is 12.8 Å². The van der Waals surface area contributed by atoms with E-state index in [9.17, 15) is 0 Å². The van der Waals surface area contributed by atoms with Crippen LogP contribution in [0.5, 0.6) is 0 Å². The molecule has 0 aliphatic rings. The Kier molecular flexibility index (Phi) is 4.00. The average molecular weight is 305 g/mol. The zero-order valence-electron chi connectivity index (χ0n) is 11.1. The van der Waals surface area contributed by atoms with Crippen molar-refractivity contribution in [2.75, 3.05) is 6.54 Å². The van der Waals surface area contributed by atoms with Crippen molar-refractivity contribution >= 4 is 28.9 Å². The van der Waals surface area contributed by atoms with E-state index in [1.165, 1.54) is 11.5 Å². The van der Waals surface area contributed by atoms with Crippen molar-refractivity contribution in [2.24, 2.45) is 5.73 Å². The van der Waals surface area contributed by atoms with Gasteiger partial charge in [-0.1, -0.05) is 13.0 Å². The SMILES string of the molecule is CCc1nsc(Sc2nc3ccccn3c2CCN)n1. The van der Waals surface area contributed by atoms with Gasteiger partial charge in [0.2, 0.25) is 0 Å². The fourth-order valence-electron chi connectivity index (χ4n) is 1.98. The standard InChI is InChI=1S/C13H15N5S2/c1-2-10-15-13(20-17-10)19-12-9(6-7-14)18-8-4-3-5-11(18)16-12/h3-5,8H,2,6-7,14H2,1H3. The van der Waals surface area contributed by atoms with Gasteiger partial charge in [-0.05, 0) is 42.0 Å². The summed E-state index contributed by atoms with van der Waals surface area (Å²) in [4.78, 5) is 9.16. The van der Waals surface area contributed by atoms with Crippen LogP contribution in [0.4, 0.5) is 0 Å². The molecule has 0 amide bonds. The van der Waals surface area contributed by atoms with Gasteiger partial charge in [0.15, 0.2) is 4.34 Å². The number of hydrogen-bond acceptors (Lipinski definition) is 6. The van der Waals surface area contributed by atoms with E-state index in [0.29, 0.717) is 6.54 Å². The molecule has 0 aromatic carbocycles. The number of nitrogens with zero attached hydrogens (tertiary/aromatic N) is 4. The molecule has 0 saturated heterocycles. The Morgan fingerprint density at radius 1 is 1.35 bits per heavy atom. The number of hydrogen-bond donors (Lipinski definition) is 1. The van der Waals surface area contributed by atoms with Crippen molar-refractivity contribution in [1.82, 2.24) is 18.7 Å². The smallest absolute Gasteiger partial charge is 0.176 e. The fourth-order valence-corrected chi connectivity index (χ4v) is 3.75. The first kappa shape index (κ1) is 13.5. The summed E-state index contributed by atoms with van der Waals surface area (Å²) in [6.07, 6.45) is 3.68. The topological polar surface area (TPSA) is 69.1 Å². The van der Waals surface area contributed by atoms with Gasteiger partial charge in [0.1, 0.15) is 16.5 Å². The highest BCUT2D eigenvalue weighted by atomic mass is 32.2. The van der Waals surface area contributed by atoms with Crippen molar-refractivity contribution in [3.05, 3.63) is 35.9 Å². The van der Waals surface area contributed by atoms with E-state index >= 15 is 0 Å². The summed E-state index contributed by atoms with van der Waals surface area (Å²) in [7, 11) is 0. The first-order valence-electron chi connectivity index (χ1n) is 6.48. The van der Waals surface area contributed by atoms with Crippen molar-refractivity contribution in [2.45, 2.75) is 29.1 Å². The van der Waals surface area contributed by atoms with Crippen molar-refractivity contribution in [3.63, 3.8) is 0 Å². The van der Waals surface area contributed by atoms with E-state index in [4.69, 9.17) is 5.73 Å². The number of aryl methyl sites for hydroxylation is 1. The van der Waals surface area contributed by atoms with Crippen LogP contribution in [0, 0.1) is 0 Å². The van der Waals surface area contributed by atoms with E-state index in [1.807, 2.05) is 24.4 Å². The molecule has 0 aliphatic heterocycles. The minimum atomic E-state index is 0.604. The number of imidazole rings is 1. The molecule has 0 saturated carbocycles. The first-order valence-corrected chi connectivity index (χ1v) is 8.07. The highest BCUT2D eigenvalue weighted by Gasteiger charge is 2.14. The maximum Gasteiger partial charge on any atom is 0.176 e. The Bertz CT molecular complexity index is 718. The molecule has 3 heterocycles. The molecule has 3 aromatic rings. The summed E-state index contributed by atoms with van der Waals surface area (Å²) in [5.41, 5.74) is 7.81. The molecule has 5 nitrogen and oxygen atoms in total. The fraction of sp³-hybridized carbons (Fsp3) is 0.308. The van der Waals surface area contributed by atoms with Crippen LogP contribution in [0.3, 0.4) is 0 Å². The van der Waals surface area contributed by atoms with E-state index in [-0.39, 0.29) is 0 Å². The van der Waals surface area contributed by atoms with E-state index in [0.717, 1.165) is 39.4 Å². The third-order valence-electron chi connectivity index (χ3n) is 2.92. The van der Waals surface area contributed by atoms with Gasteiger partial charge in [-0.25, -0.2) is 9.97 Å². The molecule has 2 N–H and O–H groups in total. The Morgan fingerprint density at radius 3 is 3.00 bits per heavy atom. The van der Waals surface area contributed by atoms with Gasteiger partial charge in [-0.15, -0.1) is 0 Å². The number of fused-ring (bicyclic) bond motifs is 1. The Morgan fingerprint density at radius 2 is 2.25 bits per heavy atom. The zero-order valence-corrected chi connectivity index (χ0v) is 12.7. The van der Waals surface area contributed by atoms with Crippen LogP contribution in [-0.4, -0.2) is 25.3 Å². The van der Waals surface area contributed by atoms with Crippen LogP contribution in [0.25, 0.3) is 5.65 Å². The lowest BCUT2D eigenvalue weighted by atomic mass is 10.3. The van der Waals surface area contributed by atoms with Crippen LogP contribution < -0.4 is 5.73 Å². The van der Waals surface area contributed by atoms with Gasteiger partial charge in [-0.2, -0.15) is 4.37 Å². The van der Waals surface area contributed by atoms with Gasteiger partial charge < -0.3 is 10.1 Å². The van der Waals surface area contributed by atoms with E-state index in [1.54, 1.807) is 11.8 Å². The van der Waals surface area contributed by atoms with E-state index < -0.39 is 0 Å². The minimum absolute atomic E-state index is 0.604. The summed E-state index contributed by atoms with van der Waals surface area (Å²) < 4.78 is 7.34. The Hall–Kier alpha value is -1.44. The molecule has 20 heavy (non-hydrogen) atoms. The molecular formula is C13H15N5S2. The molecule has 3 aromatic heterocycles. The normalized spacial score (nSPS) is 11.3. The molecule has 0 radical (unpaired) electrons. The van der Waals surface area contributed by atoms with Gasteiger partial charge >= 0.3 is 0 Å². The third-order valence-corrected chi connectivity index (χ3v) is 4.73. The first-order chi connectivity index (χ1) is 9.81. The molecule has 0 aliphatic carbocycles. The number of nitrogens with two attached hydrogens (primary N) is 1. The highest BCUT2D eigenvalue weighted by Crippen LogP contribution is 2.31. The second-order valence-corrected chi connectivity index (χ2v) is 6.25. The van der Waals surface area contributed by atoms with Gasteiger partial charge in [0.25, 0.3) is 0 Å². The Balaban J connectivity index is 1.99. The van der Waals surface area contributed by atoms with Crippen molar-refractivity contribution in [1.29, 1.82) is 0 Å². The molecule has 0 atom stereocenters. The van der Waals surface area contributed by atoms with Gasteiger partial charge in [0, 0.05) is 19.0 Å². The van der Waals surface area contributed by atoms with E-state index in [2.05, 4.69) is 25.7 Å². The molecule has 0 unspecified atom stereocenters. The van der Waals surface area contributed by atoms with Crippen LogP contribution in [0.2, 0.25) is 0 Å². The lowest BCUT2D eigenvalue weighted by Crippen LogP contribution is -2.05. The molecule has 7 heteroatoms. The molecule has 0 bridgehead atoms. The predicted octanol–water partition coefficient (Wildman–Crippen LogP) is 2.40. The molecule has 104 valence electrons. The van der Waals surface area contributed by atoms with Crippen molar-refractivity contribution in [3.8, 4) is 0 Å². The second kappa shape index (κ2) is 5.90.